The lowest BCUT2D eigenvalue weighted by Crippen LogP contribution is -2.74. The largest absolute Gasteiger partial charge is 0.491 e. The molecule has 9 nitrogen and oxygen atoms in total. The zero-order valence-corrected chi connectivity index (χ0v) is 27.3. The van der Waals surface area contributed by atoms with Crippen molar-refractivity contribution in [2.45, 2.75) is 58.4 Å². The number of halogens is 1. The van der Waals surface area contributed by atoms with Crippen LogP contribution in [-0.4, -0.2) is 57.0 Å². The first-order valence-electron chi connectivity index (χ1n) is 15.4. The summed E-state index contributed by atoms with van der Waals surface area (Å²) in [5.74, 6) is 1.06. The van der Waals surface area contributed by atoms with E-state index in [0.717, 1.165) is 18.4 Å². The second-order valence-corrected chi connectivity index (χ2v) is 13.3. The number of fused-ring (bicyclic) bond motifs is 1. The normalized spacial score (nSPS) is 22.1. The third-order valence-corrected chi connectivity index (χ3v) is 9.35. The van der Waals surface area contributed by atoms with Crippen LogP contribution < -0.4 is 20.1 Å². The van der Waals surface area contributed by atoms with Gasteiger partial charge in [-0.15, -0.1) is 0 Å². The molecule has 2 N–H and O–H groups in total. The van der Waals surface area contributed by atoms with E-state index in [9.17, 15) is 9.59 Å². The first-order valence-corrected chi connectivity index (χ1v) is 15.8. The van der Waals surface area contributed by atoms with Crippen molar-refractivity contribution in [3.8, 4) is 17.6 Å². The van der Waals surface area contributed by atoms with Gasteiger partial charge in [-0.05, 0) is 47.5 Å². The summed E-state index contributed by atoms with van der Waals surface area (Å²) < 4.78 is 23.8. The van der Waals surface area contributed by atoms with E-state index < -0.39 is 0 Å². The first kappa shape index (κ1) is 33.3. The summed E-state index contributed by atoms with van der Waals surface area (Å²) in [6.07, 6.45) is 1.16. The molecule has 0 bridgehead atoms. The van der Waals surface area contributed by atoms with Crippen molar-refractivity contribution in [2.75, 3.05) is 26.4 Å². The van der Waals surface area contributed by atoms with Crippen LogP contribution in [0.15, 0.2) is 66.7 Å². The van der Waals surface area contributed by atoms with Gasteiger partial charge >= 0.3 is 0 Å². The molecule has 1 fully saturated rings. The van der Waals surface area contributed by atoms with Crippen molar-refractivity contribution in [3.05, 3.63) is 94.0 Å². The minimum atomic E-state index is -0.357. The number of benzene rings is 3. The van der Waals surface area contributed by atoms with E-state index in [2.05, 4.69) is 50.5 Å². The van der Waals surface area contributed by atoms with Gasteiger partial charge in [-0.1, -0.05) is 63.6 Å². The van der Waals surface area contributed by atoms with Gasteiger partial charge in [-0.3, -0.25) is 9.59 Å². The van der Waals surface area contributed by atoms with Crippen LogP contribution in [0.2, 0.25) is 5.02 Å². The highest BCUT2D eigenvalue weighted by Gasteiger charge is 2.64. The lowest BCUT2D eigenvalue weighted by Gasteiger charge is -2.63. The smallest absolute Gasteiger partial charge is 0.251 e. The molecule has 2 aliphatic rings. The van der Waals surface area contributed by atoms with Crippen LogP contribution in [0, 0.1) is 22.2 Å². The maximum atomic E-state index is 13.2. The Labute approximate surface area is 275 Å². The van der Waals surface area contributed by atoms with E-state index in [1.54, 1.807) is 42.5 Å². The highest BCUT2D eigenvalue weighted by molar-refractivity contribution is 6.31. The van der Waals surface area contributed by atoms with Crippen LogP contribution in [0.25, 0.3) is 0 Å². The summed E-state index contributed by atoms with van der Waals surface area (Å²) in [4.78, 5) is 24.3. The summed E-state index contributed by atoms with van der Waals surface area (Å²) in [6, 6.07) is 21.9. The summed E-state index contributed by atoms with van der Waals surface area (Å²) >= 11 is 6.20. The summed E-state index contributed by atoms with van der Waals surface area (Å²) in [6.45, 7) is 9.83. The molecular weight excluding hydrogens is 606 g/mol. The second-order valence-electron chi connectivity index (χ2n) is 12.9. The molecule has 2 atom stereocenters. The molecule has 10 heteroatoms. The topological polar surface area (TPSA) is 119 Å². The van der Waals surface area contributed by atoms with Gasteiger partial charge in [0.25, 0.3) is 5.91 Å². The van der Waals surface area contributed by atoms with E-state index in [0.29, 0.717) is 54.1 Å². The van der Waals surface area contributed by atoms with Crippen molar-refractivity contribution in [3.63, 3.8) is 0 Å². The fourth-order valence-electron chi connectivity index (χ4n) is 7.08. The molecule has 2 aliphatic carbocycles. The van der Waals surface area contributed by atoms with Crippen molar-refractivity contribution in [2.24, 2.45) is 10.8 Å². The van der Waals surface area contributed by atoms with Crippen LogP contribution in [-0.2, 0) is 20.7 Å². The number of hydrogen-bond donors (Lipinski definition) is 2. The number of nitriles is 1. The third kappa shape index (κ3) is 7.00. The molecule has 0 saturated heterocycles. The van der Waals surface area contributed by atoms with Crippen molar-refractivity contribution < 1.29 is 28.5 Å². The van der Waals surface area contributed by atoms with Crippen LogP contribution >= 0.6 is 11.6 Å². The Balaban J connectivity index is 1.03. The number of nitrogens with one attached hydrogen (secondary N) is 2. The molecule has 3 aromatic carbocycles. The highest BCUT2D eigenvalue weighted by Crippen LogP contribution is 2.55. The van der Waals surface area contributed by atoms with Gasteiger partial charge < -0.3 is 29.6 Å². The Morgan fingerprint density at radius 2 is 1.67 bits per heavy atom. The van der Waals surface area contributed by atoms with Crippen molar-refractivity contribution in [1.82, 2.24) is 10.6 Å². The Bertz CT molecular complexity index is 1570. The Kier molecular flexibility index (Phi) is 10.2. The Morgan fingerprint density at radius 3 is 2.37 bits per heavy atom. The number of rotatable bonds is 14. The minimum Gasteiger partial charge on any atom is -0.491 e. The standard InChI is InChI=1S/C36H40ClN3O6/c1-35(2)33(36(3,4)34(35)46-27-14-11-25(21-38)29(37)20-27)40-32(42)23-9-12-26(13-10-23)44-17-15-43-16-18-45-30-19-24-7-5-6-8-28(24)31(30)39-22-41/h5-14,20,22,30-31,33-34H,15-19H2,1-4H3,(H,39,41)(H,40,42)/t30-,31+,33?,34?/m1/s1. The molecule has 2 amide bonds. The molecule has 0 radical (unpaired) electrons. The molecule has 242 valence electrons. The molecule has 0 heterocycles. The van der Waals surface area contributed by atoms with Crippen LogP contribution in [0.3, 0.4) is 0 Å². The Hall–Kier alpha value is -4.10. The summed E-state index contributed by atoms with van der Waals surface area (Å²) in [5, 5.41) is 15.6. The molecule has 0 spiro atoms. The molecule has 3 aromatic rings. The van der Waals surface area contributed by atoms with E-state index >= 15 is 0 Å². The van der Waals surface area contributed by atoms with Crippen LogP contribution in [0.1, 0.15) is 60.8 Å². The molecule has 0 aliphatic heterocycles. The number of hydrogen-bond acceptors (Lipinski definition) is 7. The quantitative estimate of drug-likeness (QED) is 0.172. The van der Waals surface area contributed by atoms with Crippen LogP contribution in [0.4, 0.5) is 0 Å². The van der Waals surface area contributed by atoms with E-state index in [1.165, 1.54) is 5.56 Å². The van der Waals surface area contributed by atoms with Crippen molar-refractivity contribution >= 4 is 23.9 Å². The second kappa shape index (κ2) is 14.1. The van der Waals surface area contributed by atoms with E-state index in [1.807, 2.05) is 18.2 Å². The van der Waals surface area contributed by atoms with E-state index in [4.69, 9.17) is 35.8 Å². The predicted octanol–water partition coefficient (Wildman–Crippen LogP) is 5.65. The number of amides is 2. The SMILES string of the molecule is CC1(C)C(NC(=O)c2ccc(OCCOCCO[C@@H]3Cc4ccccc4[C@@H]3NC=O)cc2)C(C)(C)C1Oc1ccc(C#N)c(Cl)c1. The van der Waals surface area contributed by atoms with Gasteiger partial charge in [-0.25, -0.2) is 0 Å². The zero-order chi connectivity index (χ0) is 32.9. The predicted molar refractivity (Wildman–Crippen MR) is 174 cm³/mol. The summed E-state index contributed by atoms with van der Waals surface area (Å²) in [5.41, 5.74) is 2.50. The fourth-order valence-corrected chi connectivity index (χ4v) is 7.29. The number of carbonyl (C=O) groups excluding carboxylic acids is 2. The first-order chi connectivity index (χ1) is 22.1. The Morgan fingerprint density at radius 1 is 0.978 bits per heavy atom. The van der Waals surface area contributed by atoms with Gasteiger partial charge in [0, 0.05) is 34.9 Å². The lowest BCUT2D eigenvalue weighted by molar-refractivity contribution is -0.164. The van der Waals surface area contributed by atoms with Crippen molar-refractivity contribution in [1.29, 1.82) is 5.26 Å². The molecule has 0 aromatic heterocycles. The number of nitrogens with zero attached hydrogens (tertiary/aromatic N) is 1. The average molecular weight is 646 g/mol. The average Bonchev–Trinajstić information content (AvgIpc) is 3.39. The van der Waals surface area contributed by atoms with Gasteiger partial charge in [0.1, 0.15) is 30.3 Å². The molecule has 1 saturated carbocycles. The summed E-state index contributed by atoms with van der Waals surface area (Å²) in [7, 11) is 0. The maximum Gasteiger partial charge on any atom is 0.251 e. The highest BCUT2D eigenvalue weighted by atomic mass is 35.5. The van der Waals surface area contributed by atoms with Gasteiger partial charge in [-0.2, -0.15) is 5.26 Å². The zero-order valence-electron chi connectivity index (χ0n) is 26.5. The fraction of sp³-hybridized carbons (Fsp3) is 0.417. The van der Waals surface area contributed by atoms with E-state index in [-0.39, 0.29) is 41.0 Å². The van der Waals surface area contributed by atoms with Gasteiger partial charge in [0.2, 0.25) is 6.41 Å². The molecule has 46 heavy (non-hydrogen) atoms. The number of ether oxygens (including phenoxy) is 4. The lowest BCUT2D eigenvalue weighted by atomic mass is 9.49. The molecule has 5 rings (SSSR count). The maximum absolute atomic E-state index is 13.2. The minimum absolute atomic E-state index is 0.122. The number of carbonyl (C=O) groups is 2. The molecule has 0 unspecified atom stereocenters. The van der Waals surface area contributed by atoms with Gasteiger partial charge in [0.05, 0.1) is 42.6 Å². The monoisotopic (exact) mass is 645 g/mol. The third-order valence-electron chi connectivity index (χ3n) is 9.03. The van der Waals surface area contributed by atoms with Gasteiger partial charge in [0.15, 0.2) is 0 Å². The molecular formula is C36H40ClN3O6. The van der Waals surface area contributed by atoms with Crippen LogP contribution in [0.5, 0.6) is 11.5 Å².